The van der Waals surface area contributed by atoms with Crippen molar-refractivity contribution in [3.63, 3.8) is 0 Å². The highest BCUT2D eigenvalue weighted by molar-refractivity contribution is 5.71. The molecular weight excluding hydrogens is 1250 g/mol. The molecule has 0 bridgehead atoms. The van der Waals surface area contributed by atoms with Crippen LogP contribution >= 0.6 is 0 Å². The van der Waals surface area contributed by atoms with Crippen molar-refractivity contribution < 1.29 is 57.2 Å². The smallest absolute Gasteiger partial charge is 0.306 e. The normalized spacial score (nSPS) is 11.9. The van der Waals surface area contributed by atoms with Gasteiger partial charge in [-0.1, -0.05) is 215 Å². The highest BCUT2D eigenvalue weighted by Gasteiger charge is 2.17. The average Bonchev–Trinajstić information content (AvgIpc) is 1.77. The van der Waals surface area contributed by atoms with E-state index in [4.69, 9.17) is 18.9 Å². The molecule has 0 unspecified atom stereocenters. The molecule has 0 spiro atoms. The number of carbonyl (C=O) groups is 6. The summed E-state index contributed by atoms with van der Waals surface area (Å²) < 4.78 is 31.9. The van der Waals surface area contributed by atoms with Crippen LogP contribution in [0.5, 0.6) is 0 Å². The number of hydrogen-bond acceptors (Lipinski definition) is 14. The maximum atomic E-state index is 12.6. The van der Waals surface area contributed by atoms with Crippen LogP contribution in [0.1, 0.15) is 361 Å². The number of nitrogens with zero attached hydrogens (tertiary/aromatic N) is 2. The first-order chi connectivity index (χ1) is 48.8. The first-order valence-electron chi connectivity index (χ1n) is 40.8. The van der Waals surface area contributed by atoms with E-state index < -0.39 is 0 Å². The van der Waals surface area contributed by atoms with Gasteiger partial charge < -0.3 is 38.2 Å². The second-order valence-corrected chi connectivity index (χ2v) is 28.1. The molecule has 0 heterocycles. The van der Waals surface area contributed by atoms with Gasteiger partial charge in [0.1, 0.15) is 25.4 Å². The second kappa shape index (κ2) is 79.9. The summed E-state index contributed by atoms with van der Waals surface area (Å²) >= 11 is 0. The Bertz CT molecular complexity index is 1930. The molecule has 0 aromatic heterocycles. The molecule has 580 valence electrons. The van der Waals surface area contributed by atoms with Crippen molar-refractivity contribution in [1.82, 2.24) is 9.80 Å². The number of unbranched alkanes of at least 4 members (excludes halogenated alkanes) is 32. The van der Waals surface area contributed by atoms with Crippen molar-refractivity contribution in [2.75, 3.05) is 68.7 Å². The number of methoxy groups -OCH3 is 2. The van der Waals surface area contributed by atoms with Crippen molar-refractivity contribution in [2.45, 2.75) is 373 Å². The molecular formula is C86H154N2O12. The van der Waals surface area contributed by atoms with E-state index in [1.165, 1.54) is 130 Å². The van der Waals surface area contributed by atoms with Gasteiger partial charge in [-0.3, -0.25) is 28.8 Å². The van der Waals surface area contributed by atoms with Crippen LogP contribution in [0.25, 0.3) is 0 Å². The van der Waals surface area contributed by atoms with Crippen molar-refractivity contribution in [2.24, 2.45) is 0 Å². The molecule has 0 saturated carbocycles. The molecule has 100 heavy (non-hydrogen) atoms. The Hall–Kier alpha value is -4.82. The largest absolute Gasteiger partial charge is 0.469 e. The zero-order valence-electron chi connectivity index (χ0n) is 65.9. The molecule has 0 aromatic rings. The quantitative estimate of drug-likeness (QED) is 0.0244. The fourth-order valence-electron chi connectivity index (χ4n) is 11.6. The summed E-state index contributed by atoms with van der Waals surface area (Å²) in [5, 5.41) is 0. The van der Waals surface area contributed by atoms with Crippen LogP contribution in [0.3, 0.4) is 0 Å². The number of hydrogen-bond donors (Lipinski definition) is 0. The summed E-state index contributed by atoms with van der Waals surface area (Å²) in [6.07, 6.45) is 81.9. The van der Waals surface area contributed by atoms with Gasteiger partial charge in [-0.2, -0.15) is 0 Å². The zero-order valence-corrected chi connectivity index (χ0v) is 65.9. The van der Waals surface area contributed by atoms with Crippen molar-refractivity contribution >= 4 is 35.8 Å². The third-order valence-electron chi connectivity index (χ3n) is 17.8. The van der Waals surface area contributed by atoms with E-state index in [1.54, 1.807) is 0 Å². The van der Waals surface area contributed by atoms with Gasteiger partial charge in [0.15, 0.2) is 0 Å². The summed E-state index contributed by atoms with van der Waals surface area (Å²) in [6, 6.07) is 0. The second-order valence-electron chi connectivity index (χ2n) is 28.1. The van der Waals surface area contributed by atoms with Gasteiger partial charge >= 0.3 is 35.8 Å². The molecule has 0 aliphatic rings. The van der Waals surface area contributed by atoms with Crippen LogP contribution < -0.4 is 0 Å². The standard InChI is InChI=1S/C45H79NO6.C41H75NO6/c1-46(2)41-35-40-45(49)52-42(36-31-27-23-19-15-11-7-5-9-13-17-21-25-29-33-38-43(47)50-3)37-32-28-24-20-16-12-8-6-10-14-18-22-26-30-34-39-44(48)51-4;1-5-7-9-11-13-21-27-36-46-39(43)32-25-19-15-17-23-30-38(48-41(45)34-29-35-42(3)4)31-24-18-16-20-26-33-40(44)47-37-28-22-14-12-10-8-6-2/h5-6,9-10,17-18,21-22,42H,7-8,11-16,19-20,23-41H2,1-4H3;21-22,27-28,38H,5-20,23-26,29-37H2,1-4H3/b9-5-,10-6-,21-17-,22-18-;27-21+,28-22+. The summed E-state index contributed by atoms with van der Waals surface area (Å²) in [4.78, 5) is 75.4. The van der Waals surface area contributed by atoms with E-state index in [9.17, 15) is 28.8 Å². The number of allylic oxidation sites excluding steroid dienone is 10. The zero-order chi connectivity index (χ0) is 73.5. The van der Waals surface area contributed by atoms with Gasteiger partial charge in [0.05, 0.1) is 14.2 Å². The van der Waals surface area contributed by atoms with Gasteiger partial charge in [0.25, 0.3) is 0 Å². The maximum absolute atomic E-state index is 12.6. The minimum Gasteiger partial charge on any atom is -0.469 e. The lowest BCUT2D eigenvalue weighted by Gasteiger charge is -2.18. The third kappa shape index (κ3) is 80.5. The van der Waals surface area contributed by atoms with Gasteiger partial charge in [-0.05, 0) is 221 Å². The first kappa shape index (κ1) is 97.2. The summed E-state index contributed by atoms with van der Waals surface area (Å²) in [5.41, 5.74) is 0. The van der Waals surface area contributed by atoms with Gasteiger partial charge in [-0.15, -0.1) is 0 Å². The average molecular weight is 1410 g/mol. The molecule has 0 aliphatic carbocycles. The van der Waals surface area contributed by atoms with E-state index in [1.807, 2.05) is 40.3 Å². The van der Waals surface area contributed by atoms with E-state index in [0.29, 0.717) is 51.7 Å². The van der Waals surface area contributed by atoms with Crippen molar-refractivity contribution in [3.05, 3.63) is 72.9 Å². The molecule has 0 rings (SSSR count). The molecule has 14 nitrogen and oxygen atoms in total. The first-order valence-corrected chi connectivity index (χ1v) is 40.8. The van der Waals surface area contributed by atoms with Crippen LogP contribution in [0.4, 0.5) is 0 Å². The Morgan fingerprint density at radius 1 is 0.270 bits per heavy atom. The molecule has 0 atom stereocenters. The highest BCUT2D eigenvalue weighted by atomic mass is 16.6. The Balaban J connectivity index is 0. The van der Waals surface area contributed by atoms with Gasteiger partial charge in [0, 0.05) is 38.5 Å². The highest BCUT2D eigenvalue weighted by Crippen LogP contribution is 2.21. The third-order valence-corrected chi connectivity index (χ3v) is 17.8. The maximum Gasteiger partial charge on any atom is 0.306 e. The SMILES string of the molecule is CCCCCC/C=C/COC(=O)CCCCCCCC(CCCCCCCC(=O)OC/C=C/CCCCCC)OC(=O)CCCN(C)C.COC(=O)CCCC/C=C\C/C=C\CCCCCCCCC(CCCCCCCC/C=C\C/C=C\CCCCC(=O)OC)OC(=O)CCCN(C)C. The summed E-state index contributed by atoms with van der Waals surface area (Å²) in [5.74, 6) is -0.561. The van der Waals surface area contributed by atoms with Crippen LogP contribution in [0.15, 0.2) is 72.9 Å². The number of rotatable bonds is 72. The van der Waals surface area contributed by atoms with Crippen molar-refractivity contribution in [1.29, 1.82) is 0 Å². The number of ether oxygens (including phenoxy) is 6. The van der Waals surface area contributed by atoms with E-state index >= 15 is 0 Å². The molecule has 0 saturated heterocycles. The lowest BCUT2D eigenvalue weighted by atomic mass is 10.0. The molecule has 0 aliphatic heterocycles. The Labute approximate surface area is 614 Å². The molecule has 14 heteroatoms. The van der Waals surface area contributed by atoms with E-state index in [0.717, 1.165) is 206 Å². The number of esters is 6. The van der Waals surface area contributed by atoms with Gasteiger partial charge in [0.2, 0.25) is 0 Å². The molecule has 0 aromatic carbocycles. The lowest BCUT2D eigenvalue weighted by Crippen LogP contribution is -2.20. The molecule has 0 N–H and O–H groups in total. The summed E-state index contributed by atoms with van der Waals surface area (Å²) in [6.45, 7) is 6.99. The van der Waals surface area contributed by atoms with E-state index in [2.05, 4.69) is 93.9 Å². The Morgan fingerprint density at radius 3 is 0.810 bits per heavy atom. The molecule has 0 radical (unpaired) electrons. The topological polar surface area (TPSA) is 164 Å². The minimum atomic E-state index is -0.118. The van der Waals surface area contributed by atoms with Crippen LogP contribution in [0, 0.1) is 0 Å². The van der Waals surface area contributed by atoms with Crippen molar-refractivity contribution in [3.8, 4) is 0 Å². The minimum absolute atomic E-state index is 0.0229. The Kier molecular flexibility index (Phi) is 77.7. The van der Waals surface area contributed by atoms with Crippen LogP contribution in [-0.4, -0.2) is 127 Å². The van der Waals surface area contributed by atoms with Gasteiger partial charge in [-0.25, -0.2) is 0 Å². The van der Waals surface area contributed by atoms with E-state index in [-0.39, 0.29) is 48.0 Å². The fourth-order valence-corrected chi connectivity index (χ4v) is 11.6. The summed E-state index contributed by atoms with van der Waals surface area (Å²) in [7, 11) is 11.0. The predicted octanol–water partition coefficient (Wildman–Crippen LogP) is 22.8. The Morgan fingerprint density at radius 2 is 0.510 bits per heavy atom. The fraction of sp³-hybridized carbons (Fsp3) is 0.791. The predicted molar refractivity (Wildman–Crippen MR) is 418 cm³/mol. The lowest BCUT2D eigenvalue weighted by molar-refractivity contribution is -0.151. The van der Waals surface area contributed by atoms with Crippen LogP contribution in [-0.2, 0) is 57.2 Å². The number of carbonyl (C=O) groups excluding carboxylic acids is 6. The molecule has 0 amide bonds. The monoisotopic (exact) mass is 1410 g/mol. The van der Waals surface area contributed by atoms with Crippen LogP contribution in [0.2, 0.25) is 0 Å². The molecule has 0 fully saturated rings.